The smallest absolute Gasteiger partial charge is 0.328 e. The zero-order chi connectivity index (χ0) is 30.9. The minimum absolute atomic E-state index is 0.0342. The van der Waals surface area contributed by atoms with E-state index in [-0.39, 0.29) is 18.4 Å². The Morgan fingerprint density at radius 3 is 2.09 bits per heavy atom. The van der Waals surface area contributed by atoms with Crippen molar-refractivity contribution in [3.63, 3.8) is 0 Å². The predicted molar refractivity (Wildman–Crippen MR) is 172 cm³/mol. The van der Waals surface area contributed by atoms with Gasteiger partial charge in [-0.15, -0.1) is 0 Å². The number of benzene rings is 5. The van der Waals surface area contributed by atoms with Crippen molar-refractivity contribution in [3.8, 4) is 22.6 Å². The summed E-state index contributed by atoms with van der Waals surface area (Å²) in [6.07, 6.45) is -0.0724. The van der Waals surface area contributed by atoms with Gasteiger partial charge in [0.05, 0.1) is 6.42 Å². The lowest BCUT2D eigenvalue weighted by Crippen LogP contribution is -2.56. The number of carboxylic acid groups (broad SMARTS) is 1. The van der Waals surface area contributed by atoms with Crippen LogP contribution in [-0.2, 0) is 22.4 Å². The van der Waals surface area contributed by atoms with Gasteiger partial charge in [-0.2, -0.15) is 0 Å². The number of hydrazine groups is 1. The van der Waals surface area contributed by atoms with E-state index in [0.717, 1.165) is 20.6 Å². The average molecular weight is 650 g/mol. The molecule has 0 unspecified atom stereocenters. The summed E-state index contributed by atoms with van der Waals surface area (Å²) in [6, 6.07) is 38.7. The summed E-state index contributed by atoms with van der Waals surface area (Å²) in [5.41, 5.74) is 5.98. The van der Waals surface area contributed by atoms with Gasteiger partial charge in [0, 0.05) is 22.0 Å². The molecule has 1 atom stereocenters. The molecule has 0 saturated heterocycles. The summed E-state index contributed by atoms with van der Waals surface area (Å²) in [7, 11) is 0. The molecule has 0 spiro atoms. The van der Waals surface area contributed by atoms with E-state index < -0.39 is 23.8 Å². The van der Waals surface area contributed by atoms with E-state index in [4.69, 9.17) is 4.74 Å². The van der Waals surface area contributed by atoms with Crippen LogP contribution in [0.3, 0.4) is 0 Å². The van der Waals surface area contributed by atoms with Crippen LogP contribution < -0.4 is 10.2 Å². The zero-order valence-corrected chi connectivity index (χ0v) is 25.2. The van der Waals surface area contributed by atoms with Crippen LogP contribution in [0.25, 0.3) is 11.1 Å². The number of carbonyl (C=O) groups is 3. The molecular weight excluding hydrogens is 620 g/mol. The second kappa shape index (κ2) is 14.3. The van der Waals surface area contributed by atoms with Crippen molar-refractivity contribution in [2.75, 3.05) is 0 Å². The van der Waals surface area contributed by atoms with Crippen LogP contribution in [0.15, 0.2) is 138 Å². The molecule has 0 radical (unpaired) electrons. The number of carbonyl (C=O) groups excluding carboxylic acids is 2. The molecule has 0 aliphatic rings. The first kappa shape index (κ1) is 30.3. The predicted octanol–water partition coefficient (Wildman–Crippen LogP) is 7.32. The third-order valence-corrected chi connectivity index (χ3v) is 7.38. The van der Waals surface area contributed by atoms with E-state index in [1.54, 1.807) is 48.5 Å². The molecule has 0 aliphatic heterocycles. The van der Waals surface area contributed by atoms with E-state index in [1.807, 2.05) is 84.9 Å². The molecule has 8 heteroatoms. The van der Waals surface area contributed by atoms with Crippen molar-refractivity contribution in [1.29, 1.82) is 0 Å². The van der Waals surface area contributed by atoms with E-state index in [0.29, 0.717) is 22.6 Å². The second-order valence-corrected chi connectivity index (χ2v) is 11.0. The molecule has 5 aromatic rings. The third-order valence-electron chi connectivity index (χ3n) is 6.89. The number of rotatable bonds is 10. The summed E-state index contributed by atoms with van der Waals surface area (Å²) >= 11 is 3.39. The Labute approximate surface area is 263 Å². The average Bonchev–Trinajstić information content (AvgIpc) is 3.04. The van der Waals surface area contributed by atoms with Gasteiger partial charge in [-0.05, 0) is 59.2 Å². The fraction of sp³-hybridized carbons (Fsp3) is 0.0833. The highest BCUT2D eigenvalue weighted by molar-refractivity contribution is 9.10. The SMILES string of the molecule is O=C(Cc1cccc(Br)c1)NN(C(=O)c1ccccc1)[C@@H](Cc1ccc(-c2ccccc2Oc2ccccc2)cc1)C(=O)O. The van der Waals surface area contributed by atoms with Crippen molar-refractivity contribution in [1.82, 2.24) is 10.4 Å². The molecule has 2 amide bonds. The van der Waals surface area contributed by atoms with Gasteiger partial charge < -0.3 is 9.84 Å². The Bertz CT molecular complexity index is 1740. The van der Waals surface area contributed by atoms with Gasteiger partial charge in [-0.3, -0.25) is 15.0 Å². The first-order valence-corrected chi connectivity index (χ1v) is 14.7. The van der Waals surface area contributed by atoms with Crippen LogP contribution in [0.2, 0.25) is 0 Å². The molecule has 0 aliphatic carbocycles. The topological polar surface area (TPSA) is 95.9 Å². The zero-order valence-electron chi connectivity index (χ0n) is 23.6. The second-order valence-electron chi connectivity index (χ2n) is 10.0. The quantitative estimate of drug-likeness (QED) is 0.155. The molecule has 0 heterocycles. The number of ether oxygens (including phenoxy) is 1. The monoisotopic (exact) mass is 648 g/mol. The first-order chi connectivity index (χ1) is 21.4. The number of para-hydroxylation sites is 2. The summed E-state index contributed by atoms with van der Waals surface area (Å²) in [6.45, 7) is 0. The number of nitrogens with zero attached hydrogens (tertiary/aromatic N) is 1. The van der Waals surface area contributed by atoms with Gasteiger partial charge in [0.25, 0.3) is 5.91 Å². The normalized spacial score (nSPS) is 11.3. The summed E-state index contributed by atoms with van der Waals surface area (Å²) < 4.78 is 6.92. The van der Waals surface area contributed by atoms with Gasteiger partial charge in [-0.25, -0.2) is 9.80 Å². The van der Waals surface area contributed by atoms with Crippen molar-refractivity contribution in [2.24, 2.45) is 0 Å². The van der Waals surface area contributed by atoms with Crippen LogP contribution >= 0.6 is 15.9 Å². The Kier molecular flexibility index (Phi) is 9.84. The standard InChI is InChI=1S/C36H29BrN2O5/c37-29-13-9-10-26(22-29)24-34(40)38-39(35(41)28-11-3-1-4-12-28)32(36(42)43)23-25-18-20-27(21-19-25)31-16-7-8-17-33(31)44-30-14-5-2-6-15-30/h1-22,32H,23-24H2,(H,38,40)(H,42,43)/t32-/m0/s1. The molecule has 2 N–H and O–H groups in total. The van der Waals surface area contributed by atoms with Crippen LogP contribution in [0, 0.1) is 0 Å². The van der Waals surface area contributed by atoms with Crippen molar-refractivity contribution >= 4 is 33.7 Å². The molecule has 5 aromatic carbocycles. The molecule has 0 bridgehead atoms. The van der Waals surface area contributed by atoms with Crippen LogP contribution in [0.4, 0.5) is 0 Å². The highest BCUT2D eigenvalue weighted by Crippen LogP contribution is 2.33. The lowest BCUT2D eigenvalue weighted by molar-refractivity contribution is -0.144. The van der Waals surface area contributed by atoms with Crippen LogP contribution in [0.1, 0.15) is 21.5 Å². The number of hydrogen-bond acceptors (Lipinski definition) is 4. The molecule has 220 valence electrons. The highest BCUT2D eigenvalue weighted by atomic mass is 79.9. The maximum absolute atomic E-state index is 13.6. The maximum Gasteiger partial charge on any atom is 0.328 e. The van der Waals surface area contributed by atoms with Crippen LogP contribution in [-0.4, -0.2) is 33.9 Å². The minimum atomic E-state index is -1.37. The van der Waals surface area contributed by atoms with Crippen molar-refractivity contribution in [3.05, 3.63) is 155 Å². The maximum atomic E-state index is 13.6. The number of nitrogens with one attached hydrogen (secondary N) is 1. The Balaban J connectivity index is 1.38. The third kappa shape index (κ3) is 7.79. The highest BCUT2D eigenvalue weighted by Gasteiger charge is 2.32. The van der Waals surface area contributed by atoms with Crippen molar-refractivity contribution < 1.29 is 24.2 Å². The first-order valence-electron chi connectivity index (χ1n) is 13.9. The number of carboxylic acids is 1. The lowest BCUT2D eigenvalue weighted by atomic mass is 9.99. The van der Waals surface area contributed by atoms with Gasteiger partial charge in [0.15, 0.2) is 6.04 Å². The lowest BCUT2D eigenvalue weighted by Gasteiger charge is -2.29. The number of hydrogen-bond donors (Lipinski definition) is 2. The van der Waals surface area contributed by atoms with Gasteiger partial charge >= 0.3 is 5.97 Å². The molecule has 7 nitrogen and oxygen atoms in total. The van der Waals surface area contributed by atoms with Crippen molar-refractivity contribution in [2.45, 2.75) is 18.9 Å². The summed E-state index contributed by atoms with van der Waals surface area (Å²) in [5, 5.41) is 11.2. The number of halogens is 1. The Morgan fingerprint density at radius 1 is 0.750 bits per heavy atom. The fourth-order valence-electron chi connectivity index (χ4n) is 4.74. The van der Waals surface area contributed by atoms with Gasteiger partial charge in [-0.1, -0.05) is 107 Å². The Morgan fingerprint density at radius 2 is 1.41 bits per heavy atom. The molecule has 0 aromatic heterocycles. The largest absolute Gasteiger partial charge is 0.480 e. The van der Waals surface area contributed by atoms with Crippen LogP contribution in [0.5, 0.6) is 11.5 Å². The van der Waals surface area contributed by atoms with E-state index in [2.05, 4.69) is 21.4 Å². The van der Waals surface area contributed by atoms with E-state index >= 15 is 0 Å². The Hall–Kier alpha value is -5.21. The summed E-state index contributed by atoms with van der Waals surface area (Å²) in [4.78, 5) is 39.3. The molecule has 0 fully saturated rings. The van der Waals surface area contributed by atoms with Gasteiger partial charge in [0.2, 0.25) is 5.91 Å². The molecule has 5 rings (SSSR count). The number of amides is 2. The molecule has 44 heavy (non-hydrogen) atoms. The molecular formula is C36H29BrN2O5. The number of aliphatic carboxylic acids is 1. The molecule has 0 saturated carbocycles. The van der Waals surface area contributed by atoms with E-state index in [1.165, 1.54) is 0 Å². The fourth-order valence-corrected chi connectivity index (χ4v) is 5.19. The summed E-state index contributed by atoms with van der Waals surface area (Å²) in [5.74, 6) is -0.982. The van der Waals surface area contributed by atoms with E-state index in [9.17, 15) is 19.5 Å². The minimum Gasteiger partial charge on any atom is -0.480 e. The van der Waals surface area contributed by atoms with Gasteiger partial charge in [0.1, 0.15) is 11.5 Å².